The van der Waals surface area contributed by atoms with E-state index in [2.05, 4.69) is 16.0 Å². The van der Waals surface area contributed by atoms with Crippen LogP contribution in [-0.2, 0) is 49.6 Å². The molecule has 250 valence electrons. The lowest BCUT2D eigenvalue weighted by atomic mass is 10.1. The van der Waals surface area contributed by atoms with Gasteiger partial charge in [0.15, 0.2) is 0 Å². The van der Waals surface area contributed by atoms with Crippen molar-refractivity contribution in [1.29, 1.82) is 0 Å². The number of amides is 4. The van der Waals surface area contributed by atoms with Gasteiger partial charge in [0.1, 0.15) is 35.9 Å². The molecule has 1 rings (SSSR count). The van der Waals surface area contributed by atoms with Crippen molar-refractivity contribution in [1.82, 2.24) is 16.0 Å². The Morgan fingerprint density at radius 1 is 0.733 bits per heavy atom. The zero-order valence-corrected chi connectivity index (χ0v) is 26.5. The van der Waals surface area contributed by atoms with Gasteiger partial charge < -0.3 is 41.0 Å². The van der Waals surface area contributed by atoms with Gasteiger partial charge in [0.2, 0.25) is 17.7 Å². The highest BCUT2D eigenvalue weighted by Crippen LogP contribution is 2.12. The van der Waals surface area contributed by atoms with Gasteiger partial charge in [-0.25, -0.2) is 9.59 Å². The fraction of sp³-hybridized carbons (Fsp3) is 0.567. The van der Waals surface area contributed by atoms with E-state index in [4.69, 9.17) is 19.9 Å². The van der Waals surface area contributed by atoms with Gasteiger partial charge in [0, 0.05) is 12.8 Å². The molecule has 0 fully saturated rings. The van der Waals surface area contributed by atoms with Crippen LogP contribution >= 0.6 is 0 Å². The molecule has 0 aliphatic heterocycles. The van der Waals surface area contributed by atoms with Gasteiger partial charge >= 0.3 is 24.0 Å². The summed E-state index contributed by atoms with van der Waals surface area (Å²) in [5.41, 5.74) is 4.16. The van der Waals surface area contributed by atoms with Crippen molar-refractivity contribution in [3.8, 4) is 0 Å². The lowest BCUT2D eigenvalue weighted by molar-refractivity contribution is -0.157. The van der Waals surface area contributed by atoms with E-state index in [-0.39, 0.29) is 32.3 Å². The highest BCUT2D eigenvalue weighted by Gasteiger charge is 2.32. The summed E-state index contributed by atoms with van der Waals surface area (Å²) in [6.07, 6.45) is -3.09. The van der Waals surface area contributed by atoms with Crippen molar-refractivity contribution in [3.05, 3.63) is 35.9 Å². The average molecular weight is 637 g/mol. The first-order chi connectivity index (χ1) is 20.8. The summed E-state index contributed by atoms with van der Waals surface area (Å²) in [6.45, 7) is 9.59. The van der Waals surface area contributed by atoms with E-state index in [9.17, 15) is 38.7 Å². The molecule has 0 aliphatic rings. The summed E-state index contributed by atoms with van der Waals surface area (Å²) in [6, 6.07) is 4.00. The number of alkyl carbamates (subject to hydrolysis) is 1. The van der Waals surface area contributed by atoms with Gasteiger partial charge in [-0.05, 0) is 59.9 Å². The Hall–Kier alpha value is -4.69. The van der Waals surface area contributed by atoms with Gasteiger partial charge in [0.05, 0.1) is 6.42 Å². The molecular formula is C30H44N4O11. The van der Waals surface area contributed by atoms with Crippen LogP contribution in [0, 0.1) is 0 Å². The average Bonchev–Trinajstić information content (AvgIpc) is 2.89. The minimum Gasteiger partial charge on any atom is -0.480 e. The van der Waals surface area contributed by atoms with Crippen LogP contribution < -0.4 is 21.7 Å². The van der Waals surface area contributed by atoms with Crippen molar-refractivity contribution in [2.75, 3.05) is 0 Å². The number of primary amides is 1. The molecule has 0 unspecified atom stereocenters. The summed E-state index contributed by atoms with van der Waals surface area (Å²) >= 11 is 0. The molecule has 0 bridgehead atoms. The zero-order chi connectivity index (χ0) is 34.4. The third kappa shape index (κ3) is 17.3. The van der Waals surface area contributed by atoms with Gasteiger partial charge in [-0.3, -0.25) is 24.0 Å². The Kier molecular flexibility index (Phi) is 15.0. The molecule has 45 heavy (non-hydrogen) atoms. The van der Waals surface area contributed by atoms with E-state index in [1.54, 1.807) is 71.9 Å². The van der Waals surface area contributed by atoms with Crippen molar-refractivity contribution in [2.24, 2.45) is 5.73 Å². The van der Waals surface area contributed by atoms with E-state index in [1.807, 2.05) is 0 Å². The Balaban J connectivity index is 3.09. The number of carbonyl (C=O) groups excluding carboxylic acids is 6. The Morgan fingerprint density at radius 3 is 1.78 bits per heavy atom. The Morgan fingerprint density at radius 2 is 1.24 bits per heavy atom. The quantitative estimate of drug-likeness (QED) is 0.129. The number of ether oxygens (including phenoxy) is 3. The maximum atomic E-state index is 13.3. The second-order valence-electron chi connectivity index (χ2n) is 12.1. The van der Waals surface area contributed by atoms with Gasteiger partial charge in [0.25, 0.3) is 0 Å². The third-order valence-corrected chi connectivity index (χ3v) is 5.60. The third-order valence-electron chi connectivity index (χ3n) is 5.60. The zero-order valence-electron chi connectivity index (χ0n) is 26.5. The molecule has 0 radical (unpaired) electrons. The normalized spacial score (nSPS) is 13.3. The van der Waals surface area contributed by atoms with Crippen LogP contribution in [0.3, 0.4) is 0 Å². The smallest absolute Gasteiger partial charge is 0.408 e. The number of nitrogens with one attached hydrogen (secondary N) is 3. The standard InChI is InChI=1S/C30H44N4O11/c1-29(2,3)44-23(36)15-13-20(27(40)41)33-25(38)19(12-14-22(31)35)32-26(39)21(16-24(37)45-30(4,5)6)34-28(42)43-17-18-10-8-7-9-11-18/h7-11,19-21H,12-17H2,1-6H3,(H2,31,35)(H,32,39)(H,33,38)(H,34,42)(H,40,41)/t19-,20-,21+/m0/s1. The highest BCUT2D eigenvalue weighted by molar-refractivity contribution is 5.94. The number of hydrogen-bond acceptors (Lipinski definition) is 10. The Labute approximate surface area is 261 Å². The molecule has 1 aromatic rings. The fourth-order valence-electron chi connectivity index (χ4n) is 3.68. The van der Waals surface area contributed by atoms with E-state index in [0.717, 1.165) is 0 Å². The van der Waals surface area contributed by atoms with Gasteiger partial charge in [-0.15, -0.1) is 0 Å². The molecule has 0 spiro atoms. The number of aliphatic carboxylic acids is 1. The lowest BCUT2D eigenvalue weighted by Gasteiger charge is -2.25. The maximum absolute atomic E-state index is 13.3. The molecule has 15 nitrogen and oxygen atoms in total. The molecule has 0 aromatic heterocycles. The van der Waals surface area contributed by atoms with E-state index >= 15 is 0 Å². The number of hydrogen-bond donors (Lipinski definition) is 5. The number of rotatable bonds is 16. The lowest BCUT2D eigenvalue weighted by Crippen LogP contribution is -2.56. The molecule has 15 heteroatoms. The summed E-state index contributed by atoms with van der Waals surface area (Å²) in [5.74, 6) is -5.84. The van der Waals surface area contributed by atoms with Crippen LogP contribution in [-0.4, -0.2) is 76.2 Å². The topological polar surface area (TPSA) is 230 Å². The SMILES string of the molecule is CC(C)(C)OC(=O)CC[C@H](NC(=O)[C@H](CCC(N)=O)NC(=O)[C@@H](CC(=O)OC(C)(C)C)NC(=O)OCc1ccccc1)C(=O)O. The van der Waals surface area contributed by atoms with Crippen LogP contribution in [0.25, 0.3) is 0 Å². The molecule has 0 aliphatic carbocycles. The van der Waals surface area contributed by atoms with Crippen LogP contribution in [0.15, 0.2) is 30.3 Å². The molecule has 0 heterocycles. The maximum Gasteiger partial charge on any atom is 0.408 e. The van der Waals surface area contributed by atoms with Crippen molar-refractivity contribution >= 4 is 41.7 Å². The van der Waals surface area contributed by atoms with Crippen LogP contribution in [0.5, 0.6) is 0 Å². The molecule has 3 atom stereocenters. The number of esters is 2. The molecule has 0 saturated carbocycles. The largest absolute Gasteiger partial charge is 0.480 e. The predicted octanol–water partition coefficient (Wildman–Crippen LogP) is 1.45. The molecule has 4 amide bonds. The monoisotopic (exact) mass is 636 g/mol. The number of benzene rings is 1. The minimum atomic E-state index is -1.59. The van der Waals surface area contributed by atoms with Crippen molar-refractivity contribution in [2.45, 2.75) is 110 Å². The summed E-state index contributed by atoms with van der Waals surface area (Å²) in [7, 11) is 0. The van der Waals surface area contributed by atoms with Crippen LogP contribution in [0.4, 0.5) is 4.79 Å². The first-order valence-corrected chi connectivity index (χ1v) is 14.3. The van der Waals surface area contributed by atoms with Crippen LogP contribution in [0.1, 0.15) is 79.2 Å². The van der Waals surface area contributed by atoms with Crippen molar-refractivity contribution < 1.29 is 52.9 Å². The minimum absolute atomic E-state index is 0.142. The highest BCUT2D eigenvalue weighted by atomic mass is 16.6. The first kappa shape index (κ1) is 38.3. The number of nitrogens with two attached hydrogens (primary N) is 1. The number of carboxylic acids is 1. The van der Waals surface area contributed by atoms with Crippen LogP contribution in [0.2, 0.25) is 0 Å². The Bertz CT molecular complexity index is 1210. The summed E-state index contributed by atoms with van der Waals surface area (Å²) < 4.78 is 15.6. The molecule has 1 aromatic carbocycles. The second kappa shape index (κ2) is 17.6. The first-order valence-electron chi connectivity index (χ1n) is 14.3. The molecule has 0 saturated heterocycles. The van der Waals surface area contributed by atoms with Gasteiger partial charge in [-0.1, -0.05) is 30.3 Å². The molecule has 6 N–H and O–H groups in total. The van der Waals surface area contributed by atoms with Gasteiger partial charge in [-0.2, -0.15) is 0 Å². The molecular weight excluding hydrogens is 592 g/mol. The van der Waals surface area contributed by atoms with Crippen molar-refractivity contribution in [3.63, 3.8) is 0 Å². The predicted molar refractivity (Wildman–Crippen MR) is 159 cm³/mol. The van der Waals surface area contributed by atoms with E-state index < -0.39 is 77.5 Å². The van der Waals surface area contributed by atoms with E-state index in [0.29, 0.717) is 5.56 Å². The second-order valence-corrected chi connectivity index (χ2v) is 12.1. The fourth-order valence-corrected chi connectivity index (χ4v) is 3.68. The van der Waals surface area contributed by atoms with E-state index in [1.165, 1.54) is 0 Å². The summed E-state index contributed by atoms with van der Waals surface area (Å²) in [4.78, 5) is 87.0. The number of carbonyl (C=O) groups is 7. The summed E-state index contributed by atoms with van der Waals surface area (Å²) in [5, 5.41) is 16.5. The number of carboxylic acid groups (broad SMARTS) is 1.